The zero-order valence-corrected chi connectivity index (χ0v) is 15.1. The van der Waals surface area contributed by atoms with Crippen LogP contribution in [-0.4, -0.2) is 18.9 Å². The molecule has 0 aliphatic rings. The van der Waals surface area contributed by atoms with Crippen LogP contribution in [0.1, 0.15) is 26.3 Å². The molecule has 3 aromatic carbocycles. The molecule has 2 amide bonds. The Labute approximate surface area is 162 Å². The highest BCUT2D eigenvalue weighted by molar-refractivity contribution is 6.06. The molecule has 0 radical (unpaired) electrons. The number of methoxy groups -OCH3 is 1. The van der Waals surface area contributed by atoms with E-state index in [4.69, 9.17) is 10.00 Å². The first-order valence-corrected chi connectivity index (χ1v) is 8.46. The van der Waals surface area contributed by atoms with Crippen molar-refractivity contribution in [1.82, 2.24) is 0 Å². The van der Waals surface area contributed by atoms with Crippen LogP contribution in [0.2, 0.25) is 0 Å². The number of amides is 2. The minimum atomic E-state index is -0.296. The van der Waals surface area contributed by atoms with E-state index in [0.29, 0.717) is 33.8 Å². The number of hydrogen-bond donors (Lipinski definition) is 2. The molecule has 3 rings (SSSR count). The third kappa shape index (κ3) is 4.34. The lowest BCUT2D eigenvalue weighted by molar-refractivity contribution is 0.101. The molecule has 0 aromatic heterocycles. The van der Waals surface area contributed by atoms with Crippen LogP contribution < -0.4 is 15.4 Å². The van der Waals surface area contributed by atoms with E-state index in [9.17, 15) is 9.59 Å². The smallest absolute Gasteiger partial charge is 0.255 e. The van der Waals surface area contributed by atoms with E-state index in [1.165, 1.54) is 7.11 Å². The van der Waals surface area contributed by atoms with Gasteiger partial charge in [-0.1, -0.05) is 12.1 Å². The third-order valence-electron chi connectivity index (χ3n) is 4.04. The zero-order chi connectivity index (χ0) is 19.9. The summed E-state index contributed by atoms with van der Waals surface area (Å²) in [6.45, 7) is 0. The number of carbonyl (C=O) groups is 2. The molecule has 0 aliphatic heterocycles. The lowest BCUT2D eigenvalue weighted by Crippen LogP contribution is -2.14. The number of carbonyl (C=O) groups excluding carboxylic acids is 2. The second-order valence-electron chi connectivity index (χ2n) is 5.88. The van der Waals surface area contributed by atoms with Gasteiger partial charge in [0.1, 0.15) is 5.75 Å². The number of ether oxygens (including phenoxy) is 1. The van der Waals surface area contributed by atoms with Gasteiger partial charge in [0.25, 0.3) is 11.8 Å². The van der Waals surface area contributed by atoms with E-state index in [-0.39, 0.29) is 11.8 Å². The van der Waals surface area contributed by atoms with Gasteiger partial charge in [-0.25, -0.2) is 0 Å². The SMILES string of the molecule is COc1ccccc1NC(=O)c1ccc(NC(=O)c2ccc(C#N)cc2)cc1. The van der Waals surface area contributed by atoms with Gasteiger partial charge in [-0.3, -0.25) is 9.59 Å². The lowest BCUT2D eigenvalue weighted by atomic mass is 10.1. The average Bonchev–Trinajstić information content (AvgIpc) is 2.74. The maximum absolute atomic E-state index is 12.4. The number of rotatable bonds is 5. The number of nitrogens with one attached hydrogen (secondary N) is 2. The molecule has 2 N–H and O–H groups in total. The Kier molecular flexibility index (Phi) is 5.68. The molecule has 0 aliphatic carbocycles. The van der Waals surface area contributed by atoms with Crippen molar-refractivity contribution in [2.24, 2.45) is 0 Å². The minimum absolute atomic E-state index is 0.283. The second kappa shape index (κ2) is 8.52. The van der Waals surface area contributed by atoms with Crippen LogP contribution in [0.5, 0.6) is 5.75 Å². The number of nitriles is 1. The molecule has 0 saturated carbocycles. The van der Waals surface area contributed by atoms with Crippen molar-refractivity contribution in [3.63, 3.8) is 0 Å². The van der Waals surface area contributed by atoms with Crippen LogP contribution >= 0.6 is 0 Å². The first-order valence-electron chi connectivity index (χ1n) is 8.46. The van der Waals surface area contributed by atoms with Crippen LogP contribution in [-0.2, 0) is 0 Å². The lowest BCUT2D eigenvalue weighted by Gasteiger charge is -2.10. The van der Waals surface area contributed by atoms with Crippen LogP contribution in [0, 0.1) is 11.3 Å². The van der Waals surface area contributed by atoms with E-state index < -0.39 is 0 Å². The van der Waals surface area contributed by atoms with E-state index in [1.807, 2.05) is 12.1 Å². The van der Waals surface area contributed by atoms with Crippen molar-refractivity contribution in [3.8, 4) is 11.8 Å². The number of benzene rings is 3. The summed E-state index contributed by atoms with van der Waals surface area (Å²) in [6.07, 6.45) is 0. The highest BCUT2D eigenvalue weighted by Crippen LogP contribution is 2.24. The van der Waals surface area contributed by atoms with E-state index >= 15 is 0 Å². The molecule has 28 heavy (non-hydrogen) atoms. The molecule has 0 heterocycles. The Morgan fingerprint density at radius 1 is 0.821 bits per heavy atom. The molecule has 0 spiro atoms. The van der Waals surface area contributed by atoms with Crippen molar-refractivity contribution < 1.29 is 14.3 Å². The van der Waals surface area contributed by atoms with Gasteiger partial charge in [0.05, 0.1) is 24.4 Å². The largest absolute Gasteiger partial charge is 0.495 e. The standard InChI is InChI=1S/C22H17N3O3/c1-28-20-5-3-2-4-19(20)25-22(27)17-10-12-18(13-11-17)24-21(26)16-8-6-15(14-23)7-9-16/h2-13H,1H3,(H,24,26)(H,25,27). The van der Waals surface area contributed by atoms with Crippen LogP contribution in [0.4, 0.5) is 11.4 Å². The predicted molar refractivity (Wildman–Crippen MR) is 106 cm³/mol. The van der Waals surface area contributed by atoms with Crippen molar-refractivity contribution >= 4 is 23.2 Å². The van der Waals surface area contributed by atoms with Gasteiger partial charge < -0.3 is 15.4 Å². The molecule has 6 nitrogen and oxygen atoms in total. The van der Waals surface area contributed by atoms with E-state index in [2.05, 4.69) is 10.6 Å². The topological polar surface area (TPSA) is 91.2 Å². The molecule has 0 unspecified atom stereocenters. The molecule has 0 saturated heterocycles. The highest BCUT2D eigenvalue weighted by Gasteiger charge is 2.10. The normalized spacial score (nSPS) is 9.86. The maximum Gasteiger partial charge on any atom is 0.255 e. The van der Waals surface area contributed by atoms with Crippen molar-refractivity contribution in [1.29, 1.82) is 5.26 Å². The van der Waals surface area contributed by atoms with Crippen molar-refractivity contribution in [3.05, 3.63) is 89.5 Å². The van der Waals surface area contributed by atoms with Crippen molar-refractivity contribution in [2.75, 3.05) is 17.7 Å². The Morgan fingerprint density at radius 3 is 2.00 bits per heavy atom. The van der Waals surface area contributed by atoms with Crippen LogP contribution in [0.25, 0.3) is 0 Å². The second-order valence-corrected chi connectivity index (χ2v) is 5.88. The molecular weight excluding hydrogens is 354 g/mol. The number of para-hydroxylation sites is 2. The molecule has 0 atom stereocenters. The molecule has 0 fully saturated rings. The van der Waals surface area contributed by atoms with Gasteiger partial charge in [0.15, 0.2) is 0 Å². The Balaban J connectivity index is 1.66. The quantitative estimate of drug-likeness (QED) is 0.707. The van der Waals surface area contributed by atoms with Gasteiger partial charge in [0.2, 0.25) is 0 Å². The fraction of sp³-hybridized carbons (Fsp3) is 0.0455. The summed E-state index contributed by atoms with van der Waals surface area (Å²) in [7, 11) is 1.54. The summed E-state index contributed by atoms with van der Waals surface area (Å²) in [5.41, 5.74) is 2.51. The molecule has 3 aromatic rings. The Morgan fingerprint density at radius 2 is 1.39 bits per heavy atom. The van der Waals surface area contributed by atoms with Gasteiger partial charge in [0, 0.05) is 16.8 Å². The molecule has 0 bridgehead atoms. The van der Waals surface area contributed by atoms with E-state index in [0.717, 1.165) is 0 Å². The zero-order valence-electron chi connectivity index (χ0n) is 15.1. The first kappa shape index (κ1) is 18.7. The number of hydrogen-bond acceptors (Lipinski definition) is 4. The summed E-state index contributed by atoms with van der Waals surface area (Å²) in [5, 5.41) is 14.4. The first-order chi connectivity index (χ1) is 13.6. The summed E-state index contributed by atoms with van der Waals surface area (Å²) < 4.78 is 5.22. The third-order valence-corrected chi connectivity index (χ3v) is 4.04. The monoisotopic (exact) mass is 371 g/mol. The van der Waals surface area contributed by atoms with Crippen LogP contribution in [0.3, 0.4) is 0 Å². The molecule has 6 heteroatoms. The van der Waals surface area contributed by atoms with Gasteiger partial charge in [-0.15, -0.1) is 0 Å². The maximum atomic E-state index is 12.4. The Hall–Kier alpha value is -4.11. The average molecular weight is 371 g/mol. The highest BCUT2D eigenvalue weighted by atomic mass is 16.5. The summed E-state index contributed by atoms with van der Waals surface area (Å²) >= 11 is 0. The fourth-order valence-corrected chi connectivity index (χ4v) is 2.55. The van der Waals surface area contributed by atoms with Gasteiger partial charge in [-0.2, -0.15) is 5.26 Å². The fourth-order valence-electron chi connectivity index (χ4n) is 2.55. The number of nitrogens with zero attached hydrogens (tertiary/aromatic N) is 1. The predicted octanol–water partition coefficient (Wildman–Crippen LogP) is 4.07. The van der Waals surface area contributed by atoms with E-state index in [1.54, 1.807) is 66.7 Å². The molecular formula is C22H17N3O3. The minimum Gasteiger partial charge on any atom is -0.495 e. The van der Waals surface area contributed by atoms with Gasteiger partial charge >= 0.3 is 0 Å². The summed E-state index contributed by atoms with van der Waals surface area (Å²) in [6, 6.07) is 22.0. The van der Waals surface area contributed by atoms with Crippen LogP contribution in [0.15, 0.2) is 72.8 Å². The van der Waals surface area contributed by atoms with Gasteiger partial charge in [-0.05, 0) is 60.7 Å². The molecule has 138 valence electrons. The number of anilines is 2. The van der Waals surface area contributed by atoms with Crippen molar-refractivity contribution in [2.45, 2.75) is 0 Å². The summed E-state index contributed by atoms with van der Waals surface area (Å²) in [5.74, 6) is -0.00710. The summed E-state index contributed by atoms with van der Waals surface area (Å²) in [4.78, 5) is 24.7. The Bertz CT molecular complexity index is 1040.